The van der Waals surface area contributed by atoms with Gasteiger partial charge in [-0.1, -0.05) is 23.4 Å². The second-order valence-electron chi connectivity index (χ2n) is 6.48. The van der Waals surface area contributed by atoms with Gasteiger partial charge >= 0.3 is 0 Å². The molecular weight excluding hydrogens is 393 g/mol. The molecule has 6 nitrogen and oxygen atoms in total. The maximum Gasteiger partial charge on any atom is 0.263 e. The second kappa shape index (κ2) is 8.67. The zero-order valence-corrected chi connectivity index (χ0v) is 16.7. The number of nitrogens with zero attached hydrogens (tertiary/aromatic N) is 2. The van der Waals surface area contributed by atoms with Gasteiger partial charge in [0.25, 0.3) is 5.91 Å². The smallest absolute Gasteiger partial charge is 0.263 e. The van der Waals surface area contributed by atoms with Crippen molar-refractivity contribution < 1.29 is 18.4 Å². The summed E-state index contributed by atoms with van der Waals surface area (Å²) in [7, 11) is 0. The summed E-state index contributed by atoms with van der Waals surface area (Å²) in [4.78, 5) is 16.2. The molecule has 0 unspecified atom stereocenters. The predicted octanol–water partition coefficient (Wildman–Crippen LogP) is 4.29. The van der Waals surface area contributed by atoms with Crippen molar-refractivity contribution in [2.24, 2.45) is 0 Å². The third-order valence-corrected chi connectivity index (χ3v) is 5.38. The molecule has 3 aromatic rings. The first kappa shape index (κ1) is 19.5. The molecule has 1 aliphatic heterocycles. The molecule has 0 saturated carbocycles. The first-order valence-electron chi connectivity index (χ1n) is 9.20. The van der Waals surface area contributed by atoms with Gasteiger partial charge in [0, 0.05) is 29.2 Å². The number of carbonyl (C=O) groups excluding carboxylic acids is 1. The number of halogens is 1. The Balaban J connectivity index is 1.75. The van der Waals surface area contributed by atoms with Gasteiger partial charge in [-0.05, 0) is 36.6 Å². The lowest BCUT2D eigenvalue weighted by molar-refractivity contribution is 0.102. The van der Waals surface area contributed by atoms with Gasteiger partial charge in [0.05, 0.1) is 13.2 Å². The zero-order valence-electron chi connectivity index (χ0n) is 15.9. The minimum Gasteiger partial charge on any atom is -0.378 e. The van der Waals surface area contributed by atoms with Gasteiger partial charge in [-0.25, -0.2) is 4.39 Å². The largest absolute Gasteiger partial charge is 0.378 e. The maximum atomic E-state index is 14.4. The van der Waals surface area contributed by atoms with Crippen LogP contribution in [0.1, 0.15) is 10.4 Å². The average molecular weight is 413 g/mol. The summed E-state index contributed by atoms with van der Waals surface area (Å²) < 4.78 is 25.4. The third-order valence-electron chi connectivity index (χ3n) is 4.66. The molecule has 1 aliphatic rings. The molecule has 4 rings (SSSR count). The van der Waals surface area contributed by atoms with Crippen molar-refractivity contribution in [2.75, 3.05) is 42.8 Å². The van der Waals surface area contributed by atoms with Gasteiger partial charge in [-0.3, -0.25) is 4.79 Å². The fraction of sp³-hybridized carbons (Fsp3) is 0.238. The van der Waals surface area contributed by atoms with Crippen LogP contribution in [0.4, 0.5) is 16.0 Å². The molecule has 8 heteroatoms. The Hall–Kier alpha value is -2.84. The number of thioether (sulfide) groups is 1. The molecule has 0 radical (unpaired) electrons. The Bertz CT molecular complexity index is 1020. The van der Waals surface area contributed by atoms with E-state index >= 15 is 0 Å². The first-order chi connectivity index (χ1) is 14.2. The number of benzene rings is 2. The van der Waals surface area contributed by atoms with E-state index in [1.54, 1.807) is 30.0 Å². The van der Waals surface area contributed by atoms with Crippen LogP contribution in [-0.4, -0.2) is 43.6 Å². The lowest BCUT2D eigenvalue weighted by Gasteiger charge is -2.26. The molecule has 0 bridgehead atoms. The molecule has 1 saturated heterocycles. The molecule has 0 aliphatic carbocycles. The minimum absolute atomic E-state index is 0.183. The number of anilines is 2. The molecule has 29 heavy (non-hydrogen) atoms. The molecule has 1 fully saturated rings. The number of amides is 1. The highest BCUT2D eigenvalue weighted by Crippen LogP contribution is 2.34. The monoisotopic (exact) mass is 413 g/mol. The minimum atomic E-state index is -0.465. The molecule has 150 valence electrons. The van der Waals surface area contributed by atoms with E-state index in [0.29, 0.717) is 37.9 Å². The average Bonchev–Trinajstić information content (AvgIpc) is 3.20. The number of hydrogen-bond donors (Lipinski definition) is 1. The van der Waals surface area contributed by atoms with E-state index in [1.165, 1.54) is 6.07 Å². The van der Waals surface area contributed by atoms with Crippen molar-refractivity contribution in [1.29, 1.82) is 0 Å². The molecule has 1 N–H and O–H groups in total. The first-order valence-corrected chi connectivity index (χ1v) is 10.4. The van der Waals surface area contributed by atoms with E-state index < -0.39 is 11.7 Å². The van der Waals surface area contributed by atoms with Crippen LogP contribution >= 0.6 is 11.8 Å². The van der Waals surface area contributed by atoms with Crippen LogP contribution in [0, 0.1) is 5.82 Å². The zero-order chi connectivity index (χ0) is 20.2. The van der Waals surface area contributed by atoms with Crippen LogP contribution in [0.25, 0.3) is 11.3 Å². The summed E-state index contributed by atoms with van der Waals surface area (Å²) in [6.45, 7) is 2.17. The number of carbonyl (C=O) groups is 1. The Morgan fingerprint density at radius 3 is 2.72 bits per heavy atom. The molecule has 2 heterocycles. The van der Waals surface area contributed by atoms with Crippen LogP contribution in [0.15, 0.2) is 57.9 Å². The highest BCUT2D eigenvalue weighted by atomic mass is 32.2. The highest BCUT2D eigenvalue weighted by Gasteiger charge is 2.30. The summed E-state index contributed by atoms with van der Waals surface area (Å²) in [5, 5.41) is 6.95. The summed E-state index contributed by atoms with van der Waals surface area (Å²) in [6.07, 6.45) is 1.97. The quantitative estimate of drug-likeness (QED) is 0.630. The Morgan fingerprint density at radius 1 is 1.17 bits per heavy atom. The standard InChI is InChI=1S/C21H20FN3O3S/c1-29-15-6-4-5-14(13-15)23-20(26)18-19(16-7-2-3-8-17(16)22)24-28-21(18)25-9-11-27-12-10-25/h2-8,13H,9-12H2,1H3,(H,23,26). The summed E-state index contributed by atoms with van der Waals surface area (Å²) in [5.74, 6) is -0.540. The third kappa shape index (κ3) is 4.13. The van der Waals surface area contributed by atoms with Gasteiger partial charge in [0.15, 0.2) is 0 Å². The van der Waals surface area contributed by atoms with Gasteiger partial charge in [0.2, 0.25) is 5.88 Å². The highest BCUT2D eigenvalue weighted by molar-refractivity contribution is 7.98. The van der Waals surface area contributed by atoms with Crippen LogP contribution in [0.3, 0.4) is 0 Å². The topological polar surface area (TPSA) is 67.6 Å². The Labute approximate surface area is 172 Å². The number of ether oxygens (including phenoxy) is 1. The predicted molar refractivity (Wildman–Crippen MR) is 111 cm³/mol. The molecule has 0 spiro atoms. The van der Waals surface area contributed by atoms with Gasteiger partial charge < -0.3 is 19.5 Å². The van der Waals surface area contributed by atoms with Crippen LogP contribution in [0.5, 0.6) is 0 Å². The molecule has 1 aromatic heterocycles. The van der Waals surface area contributed by atoms with Gasteiger partial charge in [0.1, 0.15) is 17.1 Å². The Morgan fingerprint density at radius 2 is 1.97 bits per heavy atom. The van der Waals surface area contributed by atoms with E-state index in [2.05, 4.69) is 10.5 Å². The van der Waals surface area contributed by atoms with Crippen molar-refractivity contribution in [3.05, 3.63) is 59.9 Å². The van der Waals surface area contributed by atoms with E-state index in [-0.39, 0.29) is 16.8 Å². The van der Waals surface area contributed by atoms with Crippen molar-refractivity contribution in [1.82, 2.24) is 5.16 Å². The molecule has 0 atom stereocenters. The normalized spacial score (nSPS) is 14.1. The summed E-state index contributed by atoms with van der Waals surface area (Å²) >= 11 is 1.58. The fourth-order valence-corrected chi connectivity index (χ4v) is 3.66. The molecule has 2 aromatic carbocycles. The number of nitrogens with one attached hydrogen (secondary N) is 1. The summed E-state index contributed by atoms with van der Waals surface area (Å²) in [6, 6.07) is 13.7. The van der Waals surface area contributed by atoms with Crippen LogP contribution in [-0.2, 0) is 4.74 Å². The Kier molecular flexibility index (Phi) is 5.82. The summed E-state index contributed by atoms with van der Waals surface area (Å²) in [5.41, 5.74) is 1.27. The van der Waals surface area contributed by atoms with E-state index in [4.69, 9.17) is 9.26 Å². The van der Waals surface area contributed by atoms with Crippen LogP contribution in [0.2, 0.25) is 0 Å². The number of aromatic nitrogens is 1. The van der Waals surface area contributed by atoms with Crippen molar-refractivity contribution in [3.63, 3.8) is 0 Å². The SMILES string of the molecule is CSc1cccc(NC(=O)c2c(-c3ccccc3F)noc2N2CCOCC2)c1. The maximum absolute atomic E-state index is 14.4. The van der Waals surface area contributed by atoms with Gasteiger partial charge in [-0.15, -0.1) is 11.8 Å². The number of hydrogen-bond acceptors (Lipinski definition) is 6. The molecular formula is C21H20FN3O3S. The van der Waals surface area contributed by atoms with E-state index in [1.807, 2.05) is 35.4 Å². The van der Waals surface area contributed by atoms with Crippen molar-refractivity contribution in [3.8, 4) is 11.3 Å². The lowest BCUT2D eigenvalue weighted by atomic mass is 10.1. The van der Waals surface area contributed by atoms with Gasteiger partial charge in [-0.2, -0.15) is 0 Å². The van der Waals surface area contributed by atoms with E-state index in [0.717, 1.165) is 4.90 Å². The second-order valence-corrected chi connectivity index (χ2v) is 7.36. The van der Waals surface area contributed by atoms with Crippen LogP contribution < -0.4 is 10.2 Å². The van der Waals surface area contributed by atoms with Crippen molar-refractivity contribution in [2.45, 2.75) is 4.90 Å². The lowest BCUT2D eigenvalue weighted by Crippen LogP contribution is -2.37. The number of rotatable bonds is 5. The number of morpholine rings is 1. The van der Waals surface area contributed by atoms with Crippen molar-refractivity contribution >= 4 is 29.2 Å². The van der Waals surface area contributed by atoms with E-state index in [9.17, 15) is 9.18 Å². The fourth-order valence-electron chi connectivity index (χ4n) is 3.20. The molecule has 1 amide bonds.